The van der Waals surface area contributed by atoms with Crippen LogP contribution in [0.25, 0.3) is 0 Å². The third-order valence-corrected chi connectivity index (χ3v) is 2.10. The maximum absolute atomic E-state index is 2.52. The lowest BCUT2D eigenvalue weighted by Crippen LogP contribution is -2.33. The lowest BCUT2D eigenvalue weighted by Gasteiger charge is -2.24. The molecule has 0 aromatic carbocycles. The Labute approximate surface area is 78.3 Å². The van der Waals surface area contributed by atoms with Crippen LogP contribution in [0.4, 0.5) is 0 Å². The van der Waals surface area contributed by atoms with Gasteiger partial charge in [-0.25, -0.2) is 0 Å². The molecule has 0 saturated heterocycles. The maximum atomic E-state index is 2.52. The van der Waals surface area contributed by atoms with Crippen LogP contribution in [0.1, 0.15) is 27.2 Å². The van der Waals surface area contributed by atoms with Gasteiger partial charge >= 0.3 is 0 Å². The summed E-state index contributed by atoms with van der Waals surface area (Å²) in [5.74, 6) is 0. The molecule has 0 atom stereocenters. The van der Waals surface area contributed by atoms with E-state index in [9.17, 15) is 0 Å². The summed E-state index contributed by atoms with van der Waals surface area (Å²) < 4.78 is 1.25. The van der Waals surface area contributed by atoms with E-state index in [1.54, 1.807) is 0 Å². The number of hydrogen-bond donors (Lipinski definition) is 0. The fourth-order valence-electron chi connectivity index (χ4n) is 1.02. The molecule has 0 fully saturated rings. The smallest absolute Gasteiger partial charge is 0.0123 e. The summed E-state index contributed by atoms with van der Waals surface area (Å²) in [4.78, 5) is 2.52. The van der Waals surface area contributed by atoms with Crippen molar-refractivity contribution in [3.05, 3.63) is 0 Å². The minimum absolute atomic E-state index is 0.717. The Hall–Kier alpha value is 0.690. The minimum atomic E-state index is 0.717. The molecule has 0 aliphatic carbocycles. The number of alkyl halides is 1. The summed E-state index contributed by atoms with van der Waals surface area (Å²) in [7, 11) is 0. The van der Waals surface area contributed by atoms with E-state index in [1.807, 2.05) is 0 Å². The van der Waals surface area contributed by atoms with E-state index in [0.29, 0.717) is 0 Å². The molecule has 1 nitrogen and oxygen atoms in total. The van der Waals surface area contributed by atoms with Gasteiger partial charge in [-0.15, -0.1) is 0 Å². The van der Waals surface area contributed by atoms with Crippen molar-refractivity contribution in [3.63, 3.8) is 0 Å². The first-order chi connectivity index (χ1) is 4.72. The van der Waals surface area contributed by atoms with E-state index in [4.69, 9.17) is 0 Å². The average molecular weight is 255 g/mol. The predicted octanol–water partition coefficient (Wildman–Crippen LogP) is 2.54. The Morgan fingerprint density at radius 2 is 1.90 bits per heavy atom. The van der Waals surface area contributed by atoms with Gasteiger partial charge in [0, 0.05) is 17.0 Å². The topological polar surface area (TPSA) is 3.24 Å². The van der Waals surface area contributed by atoms with Gasteiger partial charge in [-0.1, -0.05) is 29.5 Å². The second kappa shape index (κ2) is 6.40. The lowest BCUT2D eigenvalue weighted by atomic mass is 10.3. The summed E-state index contributed by atoms with van der Waals surface area (Å²) in [5, 5.41) is 0. The third-order valence-electron chi connectivity index (χ3n) is 1.61. The predicted molar refractivity (Wildman–Crippen MR) is 55.9 cm³/mol. The highest BCUT2D eigenvalue weighted by molar-refractivity contribution is 14.1. The van der Waals surface area contributed by atoms with Crippen LogP contribution < -0.4 is 0 Å². The molecule has 0 aliphatic rings. The number of halogens is 1. The van der Waals surface area contributed by atoms with Gasteiger partial charge in [-0.05, 0) is 26.8 Å². The van der Waals surface area contributed by atoms with Crippen molar-refractivity contribution < 1.29 is 0 Å². The number of nitrogens with zero attached hydrogens (tertiary/aromatic N) is 1. The molecule has 0 unspecified atom stereocenters. The first kappa shape index (κ1) is 10.7. The Morgan fingerprint density at radius 3 is 2.20 bits per heavy atom. The van der Waals surface area contributed by atoms with Crippen LogP contribution in [0.15, 0.2) is 0 Å². The Morgan fingerprint density at radius 1 is 1.30 bits per heavy atom. The van der Waals surface area contributed by atoms with E-state index in [0.717, 1.165) is 6.04 Å². The second-order valence-electron chi connectivity index (χ2n) is 2.82. The summed E-state index contributed by atoms with van der Waals surface area (Å²) in [5.41, 5.74) is 0. The largest absolute Gasteiger partial charge is 0.300 e. The highest BCUT2D eigenvalue weighted by Crippen LogP contribution is 2.00. The van der Waals surface area contributed by atoms with Crippen LogP contribution in [0.5, 0.6) is 0 Å². The minimum Gasteiger partial charge on any atom is -0.300 e. The quantitative estimate of drug-likeness (QED) is 0.539. The molecule has 0 aromatic heterocycles. The van der Waals surface area contributed by atoms with Crippen LogP contribution in [0.2, 0.25) is 0 Å². The Bertz CT molecular complexity index is 67.7. The molecule has 0 saturated carbocycles. The first-order valence-corrected chi connectivity index (χ1v) is 5.55. The van der Waals surface area contributed by atoms with E-state index in [1.165, 1.54) is 23.9 Å². The fraction of sp³-hybridized carbons (Fsp3) is 1.00. The number of rotatable bonds is 5. The van der Waals surface area contributed by atoms with Gasteiger partial charge < -0.3 is 4.90 Å². The Balaban J connectivity index is 3.50. The van der Waals surface area contributed by atoms with Gasteiger partial charge in [0.2, 0.25) is 0 Å². The van der Waals surface area contributed by atoms with Gasteiger partial charge in [-0.3, -0.25) is 0 Å². The monoisotopic (exact) mass is 255 g/mol. The summed E-state index contributed by atoms with van der Waals surface area (Å²) in [6, 6.07) is 0.717. The van der Waals surface area contributed by atoms with Crippen molar-refractivity contribution in [1.29, 1.82) is 0 Å². The summed E-state index contributed by atoms with van der Waals surface area (Å²) in [6.45, 7) is 9.26. The van der Waals surface area contributed by atoms with Crippen molar-refractivity contribution in [2.75, 3.05) is 17.5 Å². The van der Waals surface area contributed by atoms with E-state index < -0.39 is 0 Å². The molecule has 2 heteroatoms. The molecular formula is C8H18IN. The van der Waals surface area contributed by atoms with Crippen LogP contribution in [-0.2, 0) is 0 Å². The molecule has 0 heterocycles. The van der Waals surface area contributed by atoms with Crippen molar-refractivity contribution in [3.8, 4) is 0 Å². The standard InChI is InChI=1S/C8H18IN/c1-4-6-10(7-5-9)8(2)3/h8H,4-7H2,1-3H3. The van der Waals surface area contributed by atoms with Gasteiger partial charge in [0.1, 0.15) is 0 Å². The molecule has 0 radical (unpaired) electrons. The molecule has 62 valence electrons. The zero-order valence-electron chi connectivity index (χ0n) is 7.23. The SMILES string of the molecule is CCCN(CCI)C(C)C. The van der Waals surface area contributed by atoms with Crippen molar-refractivity contribution in [2.45, 2.75) is 33.2 Å². The molecule has 0 amide bonds. The lowest BCUT2D eigenvalue weighted by molar-refractivity contribution is 0.237. The van der Waals surface area contributed by atoms with Crippen molar-refractivity contribution in [2.24, 2.45) is 0 Å². The molecular weight excluding hydrogens is 237 g/mol. The van der Waals surface area contributed by atoms with Crippen molar-refractivity contribution >= 4 is 22.6 Å². The van der Waals surface area contributed by atoms with Crippen LogP contribution in [-0.4, -0.2) is 28.5 Å². The van der Waals surface area contributed by atoms with Crippen LogP contribution in [0, 0.1) is 0 Å². The fourth-order valence-corrected chi connectivity index (χ4v) is 1.64. The van der Waals surface area contributed by atoms with E-state index >= 15 is 0 Å². The van der Waals surface area contributed by atoms with Crippen LogP contribution >= 0.6 is 22.6 Å². The van der Waals surface area contributed by atoms with Gasteiger partial charge in [0.05, 0.1) is 0 Å². The molecule has 0 bridgehead atoms. The van der Waals surface area contributed by atoms with E-state index in [2.05, 4.69) is 48.3 Å². The zero-order chi connectivity index (χ0) is 7.98. The van der Waals surface area contributed by atoms with Crippen molar-refractivity contribution in [1.82, 2.24) is 4.90 Å². The maximum Gasteiger partial charge on any atom is 0.0123 e. The summed E-state index contributed by atoms with van der Waals surface area (Å²) >= 11 is 2.43. The first-order valence-electron chi connectivity index (χ1n) is 4.02. The zero-order valence-corrected chi connectivity index (χ0v) is 9.39. The Kier molecular flexibility index (Phi) is 6.85. The van der Waals surface area contributed by atoms with E-state index in [-0.39, 0.29) is 0 Å². The highest BCUT2D eigenvalue weighted by Gasteiger charge is 2.05. The van der Waals surface area contributed by atoms with Gasteiger partial charge in [0.15, 0.2) is 0 Å². The third kappa shape index (κ3) is 4.50. The normalized spacial score (nSPS) is 11.4. The second-order valence-corrected chi connectivity index (χ2v) is 3.90. The van der Waals surface area contributed by atoms with Crippen LogP contribution in [0.3, 0.4) is 0 Å². The molecule has 0 aromatic rings. The van der Waals surface area contributed by atoms with Gasteiger partial charge in [-0.2, -0.15) is 0 Å². The molecule has 0 N–H and O–H groups in total. The summed E-state index contributed by atoms with van der Waals surface area (Å²) in [6.07, 6.45) is 1.27. The molecule has 0 rings (SSSR count). The number of hydrogen-bond acceptors (Lipinski definition) is 1. The molecule has 0 spiro atoms. The average Bonchev–Trinajstić information content (AvgIpc) is 1.87. The molecule has 10 heavy (non-hydrogen) atoms. The highest BCUT2D eigenvalue weighted by atomic mass is 127. The van der Waals surface area contributed by atoms with Gasteiger partial charge in [0.25, 0.3) is 0 Å². The molecule has 0 aliphatic heterocycles.